The number of H-pyrrole nitrogens is 1. The van der Waals surface area contributed by atoms with Crippen molar-refractivity contribution in [3.8, 4) is 6.07 Å². The summed E-state index contributed by atoms with van der Waals surface area (Å²) in [5.41, 5.74) is -1.23. The van der Waals surface area contributed by atoms with Gasteiger partial charge in [0.25, 0.3) is 5.56 Å². The fraction of sp³-hybridized carbons (Fsp3) is 0.737. The molecule has 2 aliphatic heterocycles. The maximum Gasteiger partial charge on any atom is 0.475 e. The number of carbonyl (C=O) groups excluding carboxylic acids is 1. The first-order chi connectivity index (χ1) is 31.1. The number of hydrogen-bond donors (Lipinski definition) is 4. The molecule has 1 saturated carbocycles. The molecule has 6 rings (SSSR count). The third-order valence-corrected chi connectivity index (χ3v) is 24.2. The molecule has 10 atom stereocenters. The quantitative estimate of drug-likeness (QED) is 0.0627. The van der Waals surface area contributed by atoms with Crippen LogP contribution in [0.4, 0.5) is 16.3 Å². The van der Waals surface area contributed by atoms with Gasteiger partial charge in [0.15, 0.2) is 17.4 Å². The molecule has 66 heavy (non-hydrogen) atoms. The van der Waals surface area contributed by atoms with Crippen molar-refractivity contribution in [3.05, 3.63) is 29.3 Å². The number of ether oxygens (including phenoxy) is 1. The Balaban J connectivity index is 1.45. The van der Waals surface area contributed by atoms with Crippen molar-refractivity contribution in [2.24, 2.45) is 11.8 Å². The van der Waals surface area contributed by atoms with Crippen molar-refractivity contribution in [3.63, 3.8) is 0 Å². The van der Waals surface area contributed by atoms with Gasteiger partial charge in [-0.1, -0.05) is 69.2 Å². The van der Waals surface area contributed by atoms with Gasteiger partial charge in [0, 0.05) is 11.8 Å². The average molecular weight is 1000 g/mol. The van der Waals surface area contributed by atoms with Crippen LogP contribution in [0.15, 0.2) is 23.8 Å². The zero-order chi connectivity index (χ0) is 48.3. The molecule has 2 saturated heterocycles. The normalized spacial score (nSPS) is 27.8. The number of amides is 1. The molecule has 0 bridgehead atoms. The summed E-state index contributed by atoms with van der Waals surface area (Å²) in [5, 5.41) is 14.9. The van der Waals surface area contributed by atoms with E-state index in [0.717, 1.165) is 0 Å². The number of halogens is 1. The van der Waals surface area contributed by atoms with Crippen LogP contribution >= 0.6 is 16.1 Å². The maximum absolute atomic E-state index is 16.0. The number of rotatable bonds is 19. The van der Waals surface area contributed by atoms with Gasteiger partial charge in [0.2, 0.25) is 17.8 Å². The Morgan fingerprint density at radius 2 is 1.73 bits per heavy atom. The van der Waals surface area contributed by atoms with E-state index in [1.54, 1.807) is 13.8 Å². The molecule has 366 valence electrons. The van der Waals surface area contributed by atoms with E-state index in [4.69, 9.17) is 35.8 Å². The molecule has 3 aliphatic rings. The lowest BCUT2D eigenvalue weighted by atomic mass is 10.1. The molecule has 2 unspecified atom stereocenters. The van der Waals surface area contributed by atoms with Crippen molar-refractivity contribution in [2.45, 2.75) is 147 Å². The Hall–Kier alpha value is -3.42. The highest BCUT2D eigenvalue weighted by atomic mass is 31.2. The van der Waals surface area contributed by atoms with Crippen molar-refractivity contribution >= 4 is 62.2 Å². The highest BCUT2D eigenvalue weighted by Gasteiger charge is 2.63. The number of fused-ring (bicyclic) bond motifs is 2. The Morgan fingerprint density at radius 3 is 2.33 bits per heavy atom. The molecule has 3 fully saturated rings. The maximum atomic E-state index is 16.0. The SMILES string of the molecule is CC(C)C(=O)Nc1nc2c(ncn2[C@@H]2O[C@@H]3CO[Si](C(C)C)(C(C)C)O[Si](C(C)C)(C(C)C)O[C@H]3[C@@H]2OP(=O)(OCCC#N)OC[C@H]2C[C@@H](Nc3ncncn3)[C@H](F)[C@@H]2O[PH](=O)O)c(=O)[nH]1. The summed E-state index contributed by atoms with van der Waals surface area (Å²) < 4.78 is 96.8. The summed E-state index contributed by atoms with van der Waals surface area (Å²) in [5.74, 6) is -2.01. The number of phosphoric acid groups is 1. The number of aromatic amines is 1. The number of aromatic nitrogens is 7. The number of anilines is 2. The first-order valence-corrected chi connectivity index (χ1v) is 28.6. The number of nitriles is 1. The largest absolute Gasteiger partial charge is 0.475 e. The monoisotopic (exact) mass is 1000 g/mol. The molecule has 1 aliphatic carbocycles. The molecule has 23 nitrogen and oxygen atoms in total. The van der Waals surface area contributed by atoms with E-state index in [1.165, 1.54) is 23.5 Å². The Morgan fingerprint density at radius 1 is 1.06 bits per heavy atom. The molecule has 0 spiro atoms. The predicted octanol–water partition coefficient (Wildman–Crippen LogP) is 5.80. The second-order valence-electron chi connectivity index (χ2n) is 18.1. The van der Waals surface area contributed by atoms with Crippen molar-refractivity contribution in [1.29, 1.82) is 5.26 Å². The standard InChI is InChI=1S/C38H61FN10O13P2Si2/c1-20(2)34(50)47-38-46-33-29(35(51)48-38)44-19-49(33)36-32(31-27(58-36)16-57-65(21(3)4,22(5)6)62-66(61-31,23(7)8)24(9)10)60-64(54,55-13-11-12-40)56-15-25-14-26(28(39)30(25)59-63(52)53)45-37-42-17-41-18-43-37/h17-28,30-32,36,63H,11,13-16H2,1-10H3,(H,52,53)(H,41,42,43,45)(H2,46,47,48,50,51)/t25-,26-,27-,28+,30-,31-,32+,36-,64?/m1/s1. The zero-order valence-corrected chi connectivity index (χ0v) is 42.5. The van der Waals surface area contributed by atoms with Crippen LogP contribution in [0.2, 0.25) is 22.2 Å². The van der Waals surface area contributed by atoms with E-state index < -0.39 is 113 Å². The van der Waals surface area contributed by atoms with Gasteiger partial charge in [-0.05, 0) is 28.6 Å². The van der Waals surface area contributed by atoms with E-state index in [-0.39, 0.29) is 64.7 Å². The molecule has 28 heteroatoms. The second-order valence-corrected chi connectivity index (χ2v) is 29.3. The van der Waals surface area contributed by atoms with Crippen LogP contribution in [0, 0.1) is 23.2 Å². The summed E-state index contributed by atoms with van der Waals surface area (Å²) in [6, 6.07) is 0.892. The van der Waals surface area contributed by atoms with Gasteiger partial charge in [-0.15, -0.1) is 0 Å². The molecular weight excluding hydrogens is 942 g/mol. The minimum Gasteiger partial charge on any atom is -0.414 e. The number of carbonyl (C=O) groups is 1. The fourth-order valence-electron chi connectivity index (χ4n) is 8.67. The topological polar surface area (TPSA) is 295 Å². The second kappa shape index (κ2) is 21.5. The van der Waals surface area contributed by atoms with E-state index in [2.05, 4.69) is 68.2 Å². The van der Waals surface area contributed by atoms with Crippen LogP contribution < -0.4 is 16.2 Å². The van der Waals surface area contributed by atoms with Crippen molar-refractivity contribution < 1.29 is 59.0 Å². The summed E-state index contributed by atoms with van der Waals surface area (Å²) in [7, 11) is -15.2. The minimum absolute atomic E-state index is 0.0227. The summed E-state index contributed by atoms with van der Waals surface area (Å²) in [6.45, 7) is 18.6. The Labute approximate surface area is 384 Å². The number of alkyl halides is 1. The van der Waals surface area contributed by atoms with Gasteiger partial charge in [0.1, 0.15) is 43.2 Å². The number of phosphoric ester groups is 1. The van der Waals surface area contributed by atoms with E-state index in [0.29, 0.717) is 0 Å². The van der Waals surface area contributed by atoms with Gasteiger partial charge >= 0.3 is 33.2 Å². The molecule has 0 radical (unpaired) electrons. The summed E-state index contributed by atoms with van der Waals surface area (Å²) in [4.78, 5) is 59.1. The molecule has 0 aromatic carbocycles. The highest BCUT2D eigenvalue weighted by Crippen LogP contribution is 2.57. The molecule has 1 amide bonds. The fourth-order valence-corrected chi connectivity index (χ4v) is 21.8. The van der Waals surface area contributed by atoms with Crippen LogP contribution in [0.3, 0.4) is 0 Å². The Bertz CT molecular complexity index is 2310. The van der Waals surface area contributed by atoms with Gasteiger partial charge in [-0.2, -0.15) is 10.2 Å². The van der Waals surface area contributed by atoms with Crippen molar-refractivity contribution in [2.75, 3.05) is 30.5 Å². The van der Waals surface area contributed by atoms with Gasteiger partial charge in [-0.3, -0.25) is 42.6 Å². The minimum atomic E-state index is -4.91. The Kier molecular flexibility index (Phi) is 16.9. The van der Waals surface area contributed by atoms with Crippen molar-refractivity contribution in [1.82, 2.24) is 34.5 Å². The van der Waals surface area contributed by atoms with E-state index in [9.17, 15) is 24.3 Å². The third kappa shape index (κ3) is 11.0. The smallest absolute Gasteiger partial charge is 0.414 e. The number of nitrogens with zero attached hydrogens (tertiary/aromatic N) is 7. The number of nitrogens with one attached hydrogen (secondary N) is 3. The van der Waals surface area contributed by atoms with E-state index >= 15 is 8.96 Å². The first kappa shape index (κ1) is 52.0. The first-order valence-electron chi connectivity index (χ1n) is 22.0. The van der Waals surface area contributed by atoms with Crippen LogP contribution in [0.1, 0.15) is 88.3 Å². The lowest BCUT2D eigenvalue weighted by Crippen LogP contribution is -2.65. The molecule has 4 N–H and O–H groups in total. The predicted molar refractivity (Wildman–Crippen MR) is 240 cm³/mol. The van der Waals surface area contributed by atoms with Crippen LogP contribution in [0.25, 0.3) is 11.2 Å². The lowest BCUT2D eigenvalue weighted by molar-refractivity contribution is -0.118. The third-order valence-electron chi connectivity index (χ3n) is 12.0. The molecule has 3 aromatic rings. The molecule has 5 heterocycles. The summed E-state index contributed by atoms with van der Waals surface area (Å²) in [6.07, 6.45) is -4.88. The molecular formula is C38H61FN10O13P2Si2. The van der Waals surface area contributed by atoms with Gasteiger partial charge in [-0.25, -0.2) is 28.9 Å². The van der Waals surface area contributed by atoms with Gasteiger partial charge in [0.05, 0.1) is 44.7 Å². The number of hydrogen-bond acceptors (Lipinski definition) is 19. The van der Waals surface area contributed by atoms with E-state index in [1.807, 2.05) is 33.8 Å². The van der Waals surface area contributed by atoms with Gasteiger partial charge < -0.3 is 32.4 Å². The molecule has 3 aromatic heterocycles. The highest BCUT2D eigenvalue weighted by molar-refractivity contribution is 7.48. The lowest BCUT2D eigenvalue weighted by Gasteiger charge is -2.51. The summed E-state index contributed by atoms with van der Waals surface area (Å²) >= 11 is 0. The van der Waals surface area contributed by atoms with Crippen LogP contribution in [-0.2, 0) is 49.7 Å². The number of imidazole rings is 1. The van der Waals surface area contributed by atoms with Crippen LogP contribution in [-0.4, -0.2) is 119 Å². The zero-order valence-electron chi connectivity index (χ0n) is 38.6. The average Bonchev–Trinajstić information content (AvgIpc) is 3.89. The van der Waals surface area contributed by atoms with Crippen LogP contribution in [0.5, 0.6) is 0 Å².